The van der Waals surface area contributed by atoms with Crippen LogP contribution >= 0.6 is 0 Å². The van der Waals surface area contributed by atoms with Crippen LogP contribution in [0.2, 0.25) is 0 Å². The summed E-state index contributed by atoms with van der Waals surface area (Å²) in [5.41, 5.74) is 1.04. The molecule has 1 aromatic rings. The van der Waals surface area contributed by atoms with E-state index in [4.69, 9.17) is 5.11 Å². The second-order valence-corrected chi connectivity index (χ2v) is 3.06. The molecule has 1 aromatic heterocycles. The van der Waals surface area contributed by atoms with E-state index >= 15 is 0 Å². The first-order valence-electron chi connectivity index (χ1n) is 4.96. The molecule has 0 amide bonds. The fraction of sp³-hybridized carbons (Fsp3) is 0.0833. The van der Waals surface area contributed by atoms with Crippen molar-refractivity contribution < 1.29 is 9.90 Å². The molecule has 1 heterocycles. The van der Waals surface area contributed by atoms with Gasteiger partial charge >= 0.3 is 5.97 Å². The number of hydrogen-bond donors (Lipinski definition) is 2. The molecule has 0 radical (unpaired) electrons. The predicted molar refractivity (Wildman–Crippen MR) is 65.7 cm³/mol. The summed E-state index contributed by atoms with van der Waals surface area (Å²) in [4.78, 5) is 10.9. The van der Waals surface area contributed by atoms with E-state index in [9.17, 15) is 4.79 Å². The molecule has 0 bridgehead atoms. The minimum atomic E-state index is -1.12. The SMILES string of the molecule is C=C/C=C\C(=C/C)Nc1ccnnc1C(=O)O. The molecule has 2 N–H and O–H groups in total. The van der Waals surface area contributed by atoms with Gasteiger partial charge < -0.3 is 10.4 Å². The van der Waals surface area contributed by atoms with Crippen LogP contribution in [0, 0.1) is 0 Å². The zero-order valence-electron chi connectivity index (χ0n) is 9.42. The van der Waals surface area contributed by atoms with Crippen molar-refractivity contribution in [1.82, 2.24) is 10.2 Å². The van der Waals surface area contributed by atoms with Gasteiger partial charge in [0.1, 0.15) is 0 Å². The Bertz CT molecular complexity index is 478. The predicted octanol–water partition coefficient (Wildman–Crippen LogP) is 2.23. The monoisotopic (exact) mass is 231 g/mol. The maximum absolute atomic E-state index is 10.9. The first-order valence-corrected chi connectivity index (χ1v) is 4.96. The molecule has 1 rings (SSSR count). The highest BCUT2D eigenvalue weighted by molar-refractivity contribution is 5.92. The third-order valence-corrected chi connectivity index (χ3v) is 1.93. The molecule has 0 saturated heterocycles. The van der Waals surface area contributed by atoms with Crippen LogP contribution in [-0.2, 0) is 0 Å². The molecule has 88 valence electrons. The zero-order valence-corrected chi connectivity index (χ0v) is 9.42. The molecule has 0 atom stereocenters. The van der Waals surface area contributed by atoms with E-state index in [1.807, 2.05) is 13.0 Å². The third kappa shape index (κ3) is 3.57. The van der Waals surface area contributed by atoms with Gasteiger partial charge in [0.15, 0.2) is 5.69 Å². The fourth-order valence-corrected chi connectivity index (χ4v) is 1.13. The first kappa shape index (κ1) is 12.6. The second-order valence-electron chi connectivity index (χ2n) is 3.06. The molecular formula is C12H13N3O2. The summed E-state index contributed by atoms with van der Waals surface area (Å²) in [7, 11) is 0. The van der Waals surface area contributed by atoms with Gasteiger partial charge in [-0.1, -0.05) is 24.8 Å². The highest BCUT2D eigenvalue weighted by atomic mass is 16.4. The molecule has 5 heteroatoms. The van der Waals surface area contributed by atoms with Crippen LogP contribution < -0.4 is 5.32 Å². The molecule has 0 aliphatic heterocycles. The number of aromatic carboxylic acids is 1. The lowest BCUT2D eigenvalue weighted by molar-refractivity contribution is 0.0690. The molecule has 0 fully saturated rings. The Balaban J connectivity index is 2.98. The lowest BCUT2D eigenvalue weighted by Gasteiger charge is -2.08. The minimum absolute atomic E-state index is 0.112. The molecule has 0 aliphatic rings. The molecule has 5 nitrogen and oxygen atoms in total. The standard InChI is InChI=1S/C12H13N3O2/c1-3-5-6-9(4-2)14-10-7-8-13-15-11(10)12(16)17/h3-8H,1H2,2H3,(H,13,14)(H,16,17)/b6-5-,9-4+. The zero-order chi connectivity index (χ0) is 12.7. The fourth-order valence-electron chi connectivity index (χ4n) is 1.13. The molecule has 0 unspecified atom stereocenters. The van der Waals surface area contributed by atoms with Gasteiger partial charge in [-0.15, -0.1) is 5.10 Å². The van der Waals surface area contributed by atoms with Crippen molar-refractivity contribution in [1.29, 1.82) is 0 Å². The lowest BCUT2D eigenvalue weighted by Crippen LogP contribution is -2.08. The number of carboxylic acid groups (broad SMARTS) is 1. The maximum Gasteiger partial charge on any atom is 0.358 e. The molecule has 17 heavy (non-hydrogen) atoms. The van der Waals surface area contributed by atoms with Crippen molar-refractivity contribution in [3.05, 3.63) is 54.5 Å². The largest absolute Gasteiger partial charge is 0.476 e. The van der Waals surface area contributed by atoms with Crippen molar-refractivity contribution in [2.75, 3.05) is 5.32 Å². The van der Waals surface area contributed by atoms with Crippen LogP contribution in [0.3, 0.4) is 0 Å². The van der Waals surface area contributed by atoms with Gasteiger partial charge in [0, 0.05) is 5.70 Å². The summed E-state index contributed by atoms with van der Waals surface area (Å²) >= 11 is 0. The van der Waals surface area contributed by atoms with Crippen molar-refractivity contribution in [2.24, 2.45) is 0 Å². The molecule has 0 aliphatic carbocycles. The number of nitrogens with one attached hydrogen (secondary N) is 1. The number of allylic oxidation sites excluding steroid dienone is 4. The van der Waals surface area contributed by atoms with Crippen molar-refractivity contribution in [3.8, 4) is 0 Å². The lowest BCUT2D eigenvalue weighted by atomic mass is 10.3. The number of nitrogens with zero attached hydrogens (tertiary/aromatic N) is 2. The average molecular weight is 231 g/mol. The van der Waals surface area contributed by atoms with Gasteiger partial charge in [0.2, 0.25) is 0 Å². The van der Waals surface area contributed by atoms with Crippen molar-refractivity contribution in [3.63, 3.8) is 0 Å². The number of carbonyl (C=O) groups is 1. The smallest absolute Gasteiger partial charge is 0.358 e. The number of aromatic nitrogens is 2. The summed E-state index contributed by atoms with van der Waals surface area (Å²) in [6.45, 7) is 5.40. The van der Waals surface area contributed by atoms with E-state index in [0.717, 1.165) is 5.70 Å². The summed E-state index contributed by atoms with van der Waals surface area (Å²) in [6.07, 6.45) is 8.40. The van der Waals surface area contributed by atoms with Crippen molar-refractivity contribution >= 4 is 11.7 Å². The highest BCUT2D eigenvalue weighted by Gasteiger charge is 2.11. The van der Waals surface area contributed by atoms with Crippen LogP contribution in [0.15, 0.2) is 48.8 Å². The van der Waals surface area contributed by atoms with Crippen LogP contribution in [0.1, 0.15) is 17.4 Å². The number of anilines is 1. The van der Waals surface area contributed by atoms with E-state index in [1.54, 1.807) is 24.3 Å². The Morgan fingerprint density at radius 1 is 1.59 bits per heavy atom. The van der Waals surface area contributed by atoms with Gasteiger partial charge in [-0.25, -0.2) is 4.79 Å². The summed E-state index contributed by atoms with van der Waals surface area (Å²) in [6, 6.07) is 1.56. The third-order valence-electron chi connectivity index (χ3n) is 1.93. The summed E-state index contributed by atoms with van der Waals surface area (Å²) in [5.74, 6) is -1.12. The van der Waals surface area contributed by atoms with Crippen LogP contribution in [0.5, 0.6) is 0 Å². The van der Waals surface area contributed by atoms with E-state index in [2.05, 4.69) is 22.1 Å². The van der Waals surface area contributed by atoms with E-state index < -0.39 is 5.97 Å². The Morgan fingerprint density at radius 2 is 2.35 bits per heavy atom. The van der Waals surface area contributed by atoms with E-state index in [-0.39, 0.29) is 5.69 Å². The summed E-state index contributed by atoms with van der Waals surface area (Å²) < 4.78 is 0. The normalized spacial score (nSPS) is 11.5. The van der Waals surface area contributed by atoms with Gasteiger partial charge in [-0.2, -0.15) is 5.10 Å². The van der Waals surface area contributed by atoms with Gasteiger partial charge in [-0.05, 0) is 19.1 Å². The van der Waals surface area contributed by atoms with E-state index in [1.165, 1.54) is 6.20 Å². The second kappa shape index (κ2) is 6.22. The molecule has 0 spiro atoms. The van der Waals surface area contributed by atoms with Crippen LogP contribution in [0.4, 0.5) is 5.69 Å². The minimum Gasteiger partial charge on any atom is -0.476 e. The molecule has 0 aromatic carbocycles. The average Bonchev–Trinajstić information content (AvgIpc) is 2.34. The topological polar surface area (TPSA) is 75.1 Å². The van der Waals surface area contributed by atoms with Gasteiger partial charge in [0.05, 0.1) is 11.9 Å². The number of carboxylic acids is 1. The number of hydrogen-bond acceptors (Lipinski definition) is 4. The first-order chi connectivity index (χ1) is 8.19. The number of rotatable bonds is 5. The Hall–Kier alpha value is -2.43. The summed E-state index contributed by atoms with van der Waals surface area (Å²) in [5, 5.41) is 19.0. The quantitative estimate of drug-likeness (QED) is 0.760. The molecular weight excluding hydrogens is 218 g/mol. The van der Waals surface area contributed by atoms with Crippen LogP contribution in [0.25, 0.3) is 0 Å². The van der Waals surface area contributed by atoms with Crippen LogP contribution in [-0.4, -0.2) is 21.3 Å². The van der Waals surface area contributed by atoms with Gasteiger partial charge in [0.25, 0.3) is 0 Å². The Morgan fingerprint density at radius 3 is 2.94 bits per heavy atom. The maximum atomic E-state index is 10.9. The van der Waals surface area contributed by atoms with Gasteiger partial charge in [-0.3, -0.25) is 0 Å². The Kier molecular flexibility index (Phi) is 4.62. The molecule has 0 saturated carbocycles. The van der Waals surface area contributed by atoms with Crippen molar-refractivity contribution in [2.45, 2.75) is 6.92 Å². The highest BCUT2D eigenvalue weighted by Crippen LogP contribution is 2.14. The Labute approximate surface area is 99.2 Å². The van der Waals surface area contributed by atoms with E-state index in [0.29, 0.717) is 5.69 Å².